The summed E-state index contributed by atoms with van der Waals surface area (Å²) in [6.07, 6.45) is 0. The second-order valence-corrected chi connectivity index (χ2v) is 0. The summed E-state index contributed by atoms with van der Waals surface area (Å²) in [6, 6.07) is 0. The van der Waals surface area contributed by atoms with E-state index in [-0.39, 0.29) is 62.3 Å². The van der Waals surface area contributed by atoms with Crippen molar-refractivity contribution in [2.75, 3.05) is 0 Å². The van der Waals surface area contributed by atoms with E-state index in [0.29, 0.717) is 0 Å². The van der Waals surface area contributed by atoms with Gasteiger partial charge in [0.25, 0.3) is 0 Å². The molecule has 0 saturated heterocycles. The van der Waals surface area contributed by atoms with Gasteiger partial charge in [-0.2, -0.15) is 0 Å². The summed E-state index contributed by atoms with van der Waals surface area (Å²) in [7, 11) is 0. The van der Waals surface area contributed by atoms with E-state index in [1.807, 2.05) is 0 Å². The zero-order valence-corrected chi connectivity index (χ0v) is 5.59. The molecule has 62 valence electrons. The third-order valence-corrected chi connectivity index (χ3v) is 0. The van der Waals surface area contributed by atoms with Crippen LogP contribution in [0.1, 0.15) is 0 Å². The summed E-state index contributed by atoms with van der Waals surface area (Å²) in [5, 5.41) is 0. The van der Waals surface area contributed by atoms with Crippen LogP contribution in [0, 0.1) is 0 Å². The third kappa shape index (κ3) is 628. The van der Waals surface area contributed by atoms with Gasteiger partial charge in [-0.3, -0.25) is 0 Å². The van der Waals surface area contributed by atoms with Gasteiger partial charge in [0.1, 0.15) is 0 Å². The van der Waals surface area contributed by atoms with Gasteiger partial charge in [0.2, 0.25) is 0 Å². The zero-order chi connectivity index (χ0) is 0. The van der Waals surface area contributed by atoms with E-state index in [9.17, 15) is 0 Å². The standard InChI is InChI=1S/ClH.Fe.6H2O/h1H;;6*1H2/q;+2;;;;;;/p-1. The van der Waals surface area contributed by atoms with Crippen LogP contribution in [0.4, 0.5) is 0 Å². The fraction of sp³-hybridized carbons (Fsp3) is 0. The molecule has 0 bridgehead atoms. The molecule has 8 heavy (non-hydrogen) atoms. The van der Waals surface area contributed by atoms with Crippen LogP contribution in [0.15, 0.2) is 0 Å². The summed E-state index contributed by atoms with van der Waals surface area (Å²) >= 11 is 0. The second-order valence-electron chi connectivity index (χ2n) is 0. The maximum atomic E-state index is 0. The molecule has 0 aliphatic heterocycles. The summed E-state index contributed by atoms with van der Waals surface area (Å²) in [6.45, 7) is 0. The molecule has 0 rings (SSSR count). The summed E-state index contributed by atoms with van der Waals surface area (Å²) in [5.74, 6) is 0. The maximum Gasteiger partial charge on any atom is 2.00 e. The predicted molar refractivity (Wildman–Crippen MR) is 21.7 cm³/mol. The Morgan fingerprint density at radius 2 is 0.375 bits per heavy atom. The smallest absolute Gasteiger partial charge is 1.00 e. The molecule has 0 heterocycles. The van der Waals surface area contributed by atoms with Crippen LogP contribution in [-0.2, 0) is 17.1 Å². The van der Waals surface area contributed by atoms with Crippen molar-refractivity contribution in [3.8, 4) is 0 Å². The van der Waals surface area contributed by atoms with Gasteiger partial charge in [0.15, 0.2) is 0 Å². The van der Waals surface area contributed by atoms with Gasteiger partial charge in [0, 0.05) is 0 Å². The minimum absolute atomic E-state index is 0. The van der Waals surface area contributed by atoms with Gasteiger partial charge in [-0.15, -0.1) is 0 Å². The van der Waals surface area contributed by atoms with E-state index in [4.69, 9.17) is 0 Å². The summed E-state index contributed by atoms with van der Waals surface area (Å²) in [4.78, 5) is 0. The van der Waals surface area contributed by atoms with Gasteiger partial charge < -0.3 is 45.3 Å². The van der Waals surface area contributed by atoms with Crippen molar-refractivity contribution in [1.29, 1.82) is 0 Å². The van der Waals surface area contributed by atoms with Gasteiger partial charge >= 0.3 is 17.1 Å². The van der Waals surface area contributed by atoms with Crippen molar-refractivity contribution >= 4 is 0 Å². The molecule has 0 saturated carbocycles. The SMILES string of the molecule is O.O.O.O.O.O.[Cl-].[Fe+2]. The molecule has 0 fully saturated rings. The average molecular weight is 199 g/mol. The fourth-order valence-corrected chi connectivity index (χ4v) is 0. The molecular formula is H12ClFeO6+. The number of hydrogen-bond donors (Lipinski definition) is 0. The first-order valence-corrected chi connectivity index (χ1v) is 0. The minimum Gasteiger partial charge on any atom is -1.00 e. The van der Waals surface area contributed by atoms with Crippen molar-refractivity contribution < 1.29 is 62.3 Å². The maximum absolute atomic E-state index is 0. The van der Waals surface area contributed by atoms with Gasteiger partial charge in [-0.1, -0.05) is 0 Å². The van der Waals surface area contributed by atoms with Crippen molar-refractivity contribution in [3.05, 3.63) is 0 Å². The van der Waals surface area contributed by atoms with Crippen LogP contribution in [-0.4, -0.2) is 32.9 Å². The Labute approximate surface area is 63.0 Å². The van der Waals surface area contributed by atoms with E-state index in [1.54, 1.807) is 0 Å². The number of halogens is 1. The normalized spacial score (nSPS) is 0. The monoisotopic (exact) mass is 199 g/mol. The first kappa shape index (κ1) is 1510. The average Bonchev–Trinajstić information content (AvgIpc) is 0. The van der Waals surface area contributed by atoms with Crippen LogP contribution in [0.3, 0.4) is 0 Å². The zero-order valence-electron chi connectivity index (χ0n) is 3.73. The van der Waals surface area contributed by atoms with Gasteiger partial charge in [0.05, 0.1) is 0 Å². The van der Waals surface area contributed by atoms with Crippen LogP contribution in [0.25, 0.3) is 0 Å². The molecule has 0 spiro atoms. The molecule has 8 heteroatoms. The molecule has 12 N–H and O–H groups in total. The Morgan fingerprint density at radius 1 is 0.375 bits per heavy atom. The molecule has 0 aliphatic rings. The first-order valence-electron chi connectivity index (χ1n) is 0. The third-order valence-electron chi connectivity index (χ3n) is 0. The van der Waals surface area contributed by atoms with E-state index < -0.39 is 0 Å². The van der Waals surface area contributed by atoms with E-state index in [2.05, 4.69) is 0 Å². The van der Waals surface area contributed by atoms with Crippen LogP contribution in [0.2, 0.25) is 0 Å². The number of hydrogen-bond acceptors (Lipinski definition) is 0. The predicted octanol–water partition coefficient (Wildman–Crippen LogP) is -7.95. The fourth-order valence-electron chi connectivity index (χ4n) is 0. The minimum atomic E-state index is 0. The summed E-state index contributed by atoms with van der Waals surface area (Å²) < 4.78 is 0. The van der Waals surface area contributed by atoms with E-state index in [1.165, 1.54) is 0 Å². The topological polar surface area (TPSA) is 189 Å². The van der Waals surface area contributed by atoms with Crippen molar-refractivity contribution in [2.24, 2.45) is 0 Å². The Bertz CT molecular complexity index is 8.49. The van der Waals surface area contributed by atoms with Crippen molar-refractivity contribution in [1.82, 2.24) is 0 Å². The van der Waals surface area contributed by atoms with E-state index >= 15 is 0 Å². The van der Waals surface area contributed by atoms with Crippen LogP contribution >= 0.6 is 0 Å². The molecule has 6 nitrogen and oxygen atoms in total. The quantitative estimate of drug-likeness (QED) is 0.335. The second kappa shape index (κ2) is 1010. The van der Waals surface area contributed by atoms with Gasteiger partial charge in [-0.25, -0.2) is 0 Å². The molecule has 0 amide bonds. The van der Waals surface area contributed by atoms with Gasteiger partial charge in [-0.05, 0) is 0 Å². The Kier molecular flexibility index (Phi) is 191000. The van der Waals surface area contributed by atoms with Crippen molar-refractivity contribution in [3.63, 3.8) is 0 Å². The Balaban J connectivity index is 0. The molecule has 0 atom stereocenters. The molecule has 0 radical (unpaired) electrons. The molecule has 0 aromatic rings. The van der Waals surface area contributed by atoms with Crippen LogP contribution in [0.5, 0.6) is 0 Å². The molecule has 0 aromatic carbocycles. The molecule has 0 aromatic heterocycles. The van der Waals surface area contributed by atoms with Crippen molar-refractivity contribution in [2.45, 2.75) is 0 Å². The van der Waals surface area contributed by atoms with E-state index in [0.717, 1.165) is 0 Å². The van der Waals surface area contributed by atoms with Crippen LogP contribution < -0.4 is 12.4 Å². The number of rotatable bonds is 0. The first-order chi connectivity index (χ1) is 0. The Morgan fingerprint density at radius 3 is 0.375 bits per heavy atom. The molecular weight excluding hydrogens is 187 g/mol. The molecule has 0 aliphatic carbocycles. The Hall–Kier alpha value is 0.569. The molecule has 0 unspecified atom stereocenters. The largest absolute Gasteiger partial charge is 2.00 e. The summed E-state index contributed by atoms with van der Waals surface area (Å²) in [5.41, 5.74) is 0.